The van der Waals surface area contributed by atoms with Gasteiger partial charge in [-0.1, -0.05) is 39.3 Å². The fourth-order valence-electron chi connectivity index (χ4n) is 1.48. The fourth-order valence-corrected chi connectivity index (χ4v) is 1.77. The van der Waals surface area contributed by atoms with E-state index in [1.54, 1.807) is 6.07 Å². The number of phenols is 1. The number of halogens is 1. The first-order chi connectivity index (χ1) is 6.36. The highest BCUT2D eigenvalue weighted by molar-refractivity contribution is 6.31. The van der Waals surface area contributed by atoms with Crippen LogP contribution in [0.5, 0.6) is 5.75 Å². The summed E-state index contributed by atoms with van der Waals surface area (Å²) in [6.45, 7) is 8.20. The lowest BCUT2D eigenvalue weighted by Crippen LogP contribution is -2.11. The standard InChI is InChI=1S/C12H17ClO/c1-5-8-6-11(14)9(7-10(8)13)12(2,3)4/h6-7,14H,5H2,1-4H3. The van der Waals surface area contributed by atoms with Crippen LogP contribution in [0.15, 0.2) is 12.1 Å². The molecule has 1 rings (SSSR count). The minimum absolute atomic E-state index is 0.0694. The van der Waals surface area contributed by atoms with Crippen LogP contribution in [0.25, 0.3) is 0 Å². The predicted molar refractivity (Wildman–Crippen MR) is 61.2 cm³/mol. The molecule has 0 aliphatic carbocycles. The van der Waals surface area contributed by atoms with Crippen LogP contribution in [0.4, 0.5) is 0 Å². The monoisotopic (exact) mass is 212 g/mol. The maximum absolute atomic E-state index is 9.82. The zero-order valence-electron chi connectivity index (χ0n) is 9.19. The quantitative estimate of drug-likeness (QED) is 0.749. The third-order valence-electron chi connectivity index (χ3n) is 2.35. The van der Waals surface area contributed by atoms with E-state index in [1.165, 1.54) is 0 Å². The smallest absolute Gasteiger partial charge is 0.119 e. The Morgan fingerprint density at radius 3 is 2.29 bits per heavy atom. The minimum Gasteiger partial charge on any atom is -0.508 e. The lowest BCUT2D eigenvalue weighted by Gasteiger charge is -2.21. The molecule has 0 bridgehead atoms. The molecule has 1 nitrogen and oxygen atoms in total. The summed E-state index contributed by atoms with van der Waals surface area (Å²) in [6, 6.07) is 3.64. The molecule has 0 heterocycles. The van der Waals surface area contributed by atoms with E-state index < -0.39 is 0 Å². The highest BCUT2D eigenvalue weighted by Gasteiger charge is 2.19. The summed E-state index contributed by atoms with van der Waals surface area (Å²) >= 11 is 6.10. The molecule has 0 saturated carbocycles. The molecular weight excluding hydrogens is 196 g/mol. The topological polar surface area (TPSA) is 20.2 Å². The SMILES string of the molecule is CCc1cc(O)c(C(C)(C)C)cc1Cl. The van der Waals surface area contributed by atoms with E-state index in [9.17, 15) is 5.11 Å². The summed E-state index contributed by atoms with van der Waals surface area (Å²) in [7, 11) is 0. The third-order valence-corrected chi connectivity index (χ3v) is 2.71. The van der Waals surface area contributed by atoms with Crippen LogP contribution >= 0.6 is 11.6 Å². The molecule has 0 spiro atoms. The van der Waals surface area contributed by atoms with E-state index >= 15 is 0 Å². The molecule has 0 aromatic heterocycles. The van der Waals surface area contributed by atoms with Gasteiger partial charge in [0, 0.05) is 10.6 Å². The Bertz CT molecular complexity index is 337. The number of phenolic OH excluding ortho intramolecular Hbond substituents is 1. The number of hydrogen-bond donors (Lipinski definition) is 1. The molecule has 0 unspecified atom stereocenters. The molecule has 1 aromatic carbocycles. The summed E-state index contributed by atoms with van der Waals surface area (Å²) < 4.78 is 0. The first kappa shape index (κ1) is 11.4. The number of benzene rings is 1. The van der Waals surface area contributed by atoms with Crippen LogP contribution in [0.3, 0.4) is 0 Å². The highest BCUT2D eigenvalue weighted by atomic mass is 35.5. The second-order valence-electron chi connectivity index (χ2n) is 4.56. The van der Waals surface area contributed by atoms with Gasteiger partial charge in [0.25, 0.3) is 0 Å². The van der Waals surface area contributed by atoms with Gasteiger partial charge in [-0.15, -0.1) is 0 Å². The summed E-state index contributed by atoms with van der Waals surface area (Å²) in [5.74, 6) is 0.346. The van der Waals surface area contributed by atoms with Crippen molar-refractivity contribution in [2.75, 3.05) is 0 Å². The largest absolute Gasteiger partial charge is 0.508 e. The Balaban J connectivity index is 3.29. The normalized spacial score (nSPS) is 11.8. The summed E-state index contributed by atoms with van der Waals surface area (Å²) in [5.41, 5.74) is 1.83. The van der Waals surface area contributed by atoms with Gasteiger partial charge in [0.05, 0.1) is 0 Å². The average molecular weight is 213 g/mol. The average Bonchev–Trinajstić information content (AvgIpc) is 2.06. The van der Waals surface area contributed by atoms with Crippen molar-refractivity contribution in [3.05, 3.63) is 28.3 Å². The molecule has 0 aliphatic rings. The van der Waals surface area contributed by atoms with Crippen molar-refractivity contribution in [2.24, 2.45) is 0 Å². The van der Waals surface area contributed by atoms with E-state index in [0.29, 0.717) is 5.75 Å². The van der Waals surface area contributed by atoms with Gasteiger partial charge in [0.1, 0.15) is 5.75 Å². The molecule has 78 valence electrons. The Morgan fingerprint density at radius 1 is 1.29 bits per heavy atom. The van der Waals surface area contributed by atoms with Crippen LogP contribution in [0.2, 0.25) is 5.02 Å². The maximum atomic E-state index is 9.82. The van der Waals surface area contributed by atoms with Crippen LogP contribution in [-0.4, -0.2) is 5.11 Å². The number of aromatic hydroxyl groups is 1. The molecular formula is C12H17ClO. The van der Waals surface area contributed by atoms with Crippen molar-refractivity contribution < 1.29 is 5.11 Å². The highest BCUT2D eigenvalue weighted by Crippen LogP contribution is 2.34. The minimum atomic E-state index is -0.0694. The number of rotatable bonds is 1. The van der Waals surface area contributed by atoms with Crippen molar-refractivity contribution >= 4 is 11.6 Å². The van der Waals surface area contributed by atoms with E-state index in [-0.39, 0.29) is 5.41 Å². The Hall–Kier alpha value is -0.690. The second kappa shape index (κ2) is 3.82. The third kappa shape index (κ3) is 2.21. The van der Waals surface area contributed by atoms with Crippen molar-refractivity contribution in [1.29, 1.82) is 0 Å². The van der Waals surface area contributed by atoms with Gasteiger partial charge in [-0.25, -0.2) is 0 Å². The molecule has 0 radical (unpaired) electrons. The molecule has 0 aliphatic heterocycles. The fraction of sp³-hybridized carbons (Fsp3) is 0.500. The predicted octanol–water partition coefficient (Wildman–Crippen LogP) is 3.91. The van der Waals surface area contributed by atoms with Crippen LogP contribution in [-0.2, 0) is 11.8 Å². The lowest BCUT2D eigenvalue weighted by atomic mass is 9.85. The van der Waals surface area contributed by atoms with Gasteiger partial charge in [-0.3, -0.25) is 0 Å². The lowest BCUT2D eigenvalue weighted by molar-refractivity contribution is 0.446. The van der Waals surface area contributed by atoms with E-state index in [1.807, 2.05) is 13.0 Å². The molecule has 0 saturated heterocycles. The maximum Gasteiger partial charge on any atom is 0.119 e. The molecule has 14 heavy (non-hydrogen) atoms. The van der Waals surface area contributed by atoms with Crippen molar-refractivity contribution in [1.82, 2.24) is 0 Å². The van der Waals surface area contributed by atoms with Gasteiger partial charge in [-0.2, -0.15) is 0 Å². The van der Waals surface area contributed by atoms with E-state index in [4.69, 9.17) is 11.6 Å². The van der Waals surface area contributed by atoms with Gasteiger partial charge in [0.2, 0.25) is 0 Å². The first-order valence-corrected chi connectivity index (χ1v) is 5.26. The Kier molecular flexibility index (Phi) is 3.10. The summed E-state index contributed by atoms with van der Waals surface area (Å²) in [5, 5.41) is 10.6. The molecule has 0 fully saturated rings. The van der Waals surface area contributed by atoms with Crippen LogP contribution < -0.4 is 0 Å². The van der Waals surface area contributed by atoms with Crippen LogP contribution in [0.1, 0.15) is 38.8 Å². The van der Waals surface area contributed by atoms with Gasteiger partial charge < -0.3 is 5.11 Å². The van der Waals surface area contributed by atoms with Gasteiger partial charge in [0.15, 0.2) is 0 Å². The molecule has 0 atom stereocenters. The van der Waals surface area contributed by atoms with E-state index in [2.05, 4.69) is 20.8 Å². The van der Waals surface area contributed by atoms with Crippen molar-refractivity contribution in [2.45, 2.75) is 39.5 Å². The van der Waals surface area contributed by atoms with Gasteiger partial charge in [-0.05, 0) is 29.5 Å². The van der Waals surface area contributed by atoms with Crippen LogP contribution in [0, 0.1) is 0 Å². The molecule has 1 N–H and O–H groups in total. The zero-order valence-corrected chi connectivity index (χ0v) is 9.94. The van der Waals surface area contributed by atoms with Crippen molar-refractivity contribution in [3.63, 3.8) is 0 Å². The summed E-state index contributed by atoms with van der Waals surface area (Å²) in [4.78, 5) is 0. The molecule has 2 heteroatoms. The number of hydrogen-bond acceptors (Lipinski definition) is 1. The first-order valence-electron chi connectivity index (χ1n) is 4.88. The Morgan fingerprint density at radius 2 is 1.86 bits per heavy atom. The molecule has 1 aromatic rings. The number of aryl methyl sites for hydroxylation is 1. The summed E-state index contributed by atoms with van der Waals surface area (Å²) in [6.07, 6.45) is 0.844. The van der Waals surface area contributed by atoms with Gasteiger partial charge >= 0.3 is 0 Å². The Labute approximate surface area is 90.7 Å². The van der Waals surface area contributed by atoms with Crippen molar-refractivity contribution in [3.8, 4) is 5.75 Å². The zero-order chi connectivity index (χ0) is 10.9. The van der Waals surface area contributed by atoms with E-state index in [0.717, 1.165) is 22.6 Å². The molecule has 0 amide bonds. The second-order valence-corrected chi connectivity index (χ2v) is 4.97.